The van der Waals surface area contributed by atoms with Crippen LogP contribution in [0.25, 0.3) is 0 Å². The van der Waals surface area contributed by atoms with Gasteiger partial charge in [-0.2, -0.15) is 0 Å². The van der Waals surface area contributed by atoms with E-state index in [1.54, 1.807) is 60.7 Å². The minimum Gasteiger partial charge on any atom is -0.459 e. The minimum atomic E-state index is -0.899. The molecule has 1 aromatic heterocycles. The number of benzene rings is 2. The van der Waals surface area contributed by atoms with Crippen molar-refractivity contribution in [3.8, 4) is 0 Å². The lowest BCUT2D eigenvalue weighted by atomic mass is 10.1. The molecule has 1 saturated heterocycles. The predicted octanol–water partition coefficient (Wildman–Crippen LogP) is 2.50. The first kappa shape index (κ1) is 23.5. The van der Waals surface area contributed by atoms with E-state index in [4.69, 9.17) is 14.2 Å². The standard InChI is InChI=1S/C24H22N2O7S/c1-14-20(27)25-24(30)26(21(14)34)19-12-17(33-23(29)16-10-6-3-7-11-16)18(32-19)13-31-22(28)15-8-4-2-5-9-15/h2-11,17-19,34H,12-13H2,1H3,(H,25,27,30). The fourth-order valence-electron chi connectivity index (χ4n) is 3.62. The van der Waals surface area contributed by atoms with Gasteiger partial charge in [0.15, 0.2) is 0 Å². The van der Waals surface area contributed by atoms with Crippen molar-refractivity contribution in [2.45, 2.75) is 36.8 Å². The van der Waals surface area contributed by atoms with Crippen LogP contribution in [0.15, 0.2) is 75.3 Å². The predicted molar refractivity (Wildman–Crippen MR) is 124 cm³/mol. The van der Waals surface area contributed by atoms with Crippen molar-refractivity contribution in [1.82, 2.24) is 9.55 Å². The number of esters is 2. The smallest absolute Gasteiger partial charge is 0.338 e. The summed E-state index contributed by atoms with van der Waals surface area (Å²) in [6.07, 6.45) is -2.49. The third kappa shape index (κ3) is 4.97. The Labute approximate surface area is 199 Å². The summed E-state index contributed by atoms with van der Waals surface area (Å²) in [7, 11) is 0. The number of thiol groups is 1. The minimum absolute atomic E-state index is 0.0884. The zero-order valence-corrected chi connectivity index (χ0v) is 19.1. The van der Waals surface area contributed by atoms with Crippen LogP contribution in [0, 0.1) is 6.92 Å². The molecule has 0 spiro atoms. The highest BCUT2D eigenvalue weighted by molar-refractivity contribution is 7.80. The molecule has 0 amide bonds. The number of hydrogen-bond donors (Lipinski definition) is 2. The summed E-state index contributed by atoms with van der Waals surface area (Å²) in [6.45, 7) is 1.31. The molecule has 0 bridgehead atoms. The molecular formula is C24H22N2O7S. The molecule has 1 N–H and O–H groups in total. The van der Waals surface area contributed by atoms with Gasteiger partial charge in [0.05, 0.1) is 16.2 Å². The fourth-order valence-corrected chi connectivity index (χ4v) is 3.95. The van der Waals surface area contributed by atoms with Gasteiger partial charge >= 0.3 is 17.6 Å². The maximum absolute atomic E-state index is 12.7. The zero-order chi connectivity index (χ0) is 24.2. The highest BCUT2D eigenvalue weighted by Crippen LogP contribution is 2.32. The number of rotatable bonds is 6. The number of ether oxygens (including phenoxy) is 3. The average Bonchev–Trinajstić information content (AvgIpc) is 3.24. The largest absolute Gasteiger partial charge is 0.459 e. The highest BCUT2D eigenvalue weighted by Gasteiger charge is 2.41. The van der Waals surface area contributed by atoms with E-state index in [0.29, 0.717) is 11.1 Å². The molecule has 3 unspecified atom stereocenters. The Balaban J connectivity index is 1.57. The topological polar surface area (TPSA) is 117 Å². The number of nitrogens with one attached hydrogen (secondary N) is 1. The Hall–Kier alpha value is -3.63. The molecule has 2 aromatic carbocycles. The van der Waals surface area contributed by atoms with Crippen molar-refractivity contribution < 1.29 is 23.8 Å². The van der Waals surface area contributed by atoms with Gasteiger partial charge in [0.2, 0.25) is 0 Å². The quantitative estimate of drug-likeness (QED) is 0.315. The molecule has 176 valence electrons. The van der Waals surface area contributed by atoms with Gasteiger partial charge in [-0.3, -0.25) is 14.3 Å². The summed E-state index contributed by atoms with van der Waals surface area (Å²) in [5.41, 5.74) is -0.313. The Kier molecular flexibility index (Phi) is 6.99. The molecular weight excluding hydrogens is 460 g/mol. The van der Waals surface area contributed by atoms with Crippen LogP contribution in [0.1, 0.15) is 38.9 Å². The van der Waals surface area contributed by atoms with Crippen LogP contribution in [0.4, 0.5) is 0 Å². The molecule has 9 nitrogen and oxygen atoms in total. The summed E-state index contributed by atoms with van der Waals surface area (Å²) in [5.74, 6) is -1.14. The molecule has 4 rings (SSSR count). The number of carbonyl (C=O) groups excluding carboxylic acids is 2. The normalized spacial score (nSPS) is 19.5. The van der Waals surface area contributed by atoms with Crippen LogP contribution in [0.3, 0.4) is 0 Å². The van der Waals surface area contributed by atoms with Gasteiger partial charge in [-0.05, 0) is 31.2 Å². The Morgan fingerprint density at radius 1 is 1.03 bits per heavy atom. The maximum atomic E-state index is 12.7. The molecule has 0 saturated carbocycles. The first-order chi connectivity index (χ1) is 16.3. The van der Waals surface area contributed by atoms with E-state index in [-0.39, 0.29) is 23.6 Å². The third-order valence-electron chi connectivity index (χ3n) is 5.47. The van der Waals surface area contributed by atoms with Gasteiger partial charge in [-0.15, -0.1) is 12.6 Å². The van der Waals surface area contributed by atoms with Crippen molar-refractivity contribution in [2.75, 3.05) is 6.61 Å². The van der Waals surface area contributed by atoms with Crippen LogP contribution in [0.2, 0.25) is 0 Å². The second-order valence-corrected chi connectivity index (χ2v) is 8.14. The molecule has 0 aliphatic carbocycles. The van der Waals surface area contributed by atoms with Crippen LogP contribution in [0.5, 0.6) is 0 Å². The Morgan fingerprint density at radius 3 is 2.24 bits per heavy atom. The molecule has 1 fully saturated rings. The number of H-pyrrole nitrogens is 1. The summed E-state index contributed by atoms with van der Waals surface area (Å²) >= 11 is 4.31. The second-order valence-electron chi connectivity index (χ2n) is 7.72. The molecule has 1 aliphatic rings. The van der Waals surface area contributed by atoms with Crippen LogP contribution in [-0.4, -0.2) is 40.3 Å². The van der Waals surface area contributed by atoms with E-state index in [2.05, 4.69) is 17.6 Å². The van der Waals surface area contributed by atoms with Gasteiger partial charge in [0.1, 0.15) is 25.0 Å². The average molecular weight is 483 g/mol. The highest BCUT2D eigenvalue weighted by atomic mass is 32.1. The number of aromatic amines is 1. The monoisotopic (exact) mass is 482 g/mol. The maximum Gasteiger partial charge on any atom is 0.338 e. The van der Waals surface area contributed by atoms with E-state index in [1.165, 1.54) is 11.5 Å². The van der Waals surface area contributed by atoms with Crippen molar-refractivity contribution in [2.24, 2.45) is 0 Å². The fraction of sp³-hybridized carbons (Fsp3) is 0.250. The molecule has 0 radical (unpaired) electrons. The lowest BCUT2D eigenvalue weighted by molar-refractivity contribution is -0.0603. The summed E-state index contributed by atoms with van der Waals surface area (Å²) in [5, 5.41) is 0.133. The number of aromatic nitrogens is 2. The van der Waals surface area contributed by atoms with E-state index >= 15 is 0 Å². The Bertz CT molecular complexity index is 1300. The molecule has 10 heteroatoms. The SMILES string of the molecule is Cc1c(S)n(C2CC(OC(=O)c3ccccc3)C(COC(=O)c3ccccc3)O2)c(=O)[nH]c1=O. The van der Waals surface area contributed by atoms with Crippen molar-refractivity contribution >= 4 is 24.6 Å². The van der Waals surface area contributed by atoms with Gasteiger partial charge in [-0.1, -0.05) is 36.4 Å². The Morgan fingerprint density at radius 2 is 1.62 bits per heavy atom. The molecule has 34 heavy (non-hydrogen) atoms. The number of carbonyl (C=O) groups is 2. The van der Waals surface area contributed by atoms with Gasteiger partial charge in [-0.25, -0.2) is 14.4 Å². The van der Waals surface area contributed by atoms with Crippen LogP contribution >= 0.6 is 12.6 Å². The first-order valence-corrected chi connectivity index (χ1v) is 11.0. The summed E-state index contributed by atoms with van der Waals surface area (Å²) < 4.78 is 18.2. The third-order valence-corrected chi connectivity index (χ3v) is 6.02. The number of hydrogen-bond acceptors (Lipinski definition) is 8. The van der Waals surface area contributed by atoms with Gasteiger partial charge < -0.3 is 14.2 Å². The summed E-state index contributed by atoms with van der Waals surface area (Å²) in [4.78, 5) is 51.7. The second kappa shape index (κ2) is 10.1. The first-order valence-electron chi connectivity index (χ1n) is 10.5. The number of nitrogens with zero attached hydrogens (tertiary/aromatic N) is 1. The van der Waals surface area contributed by atoms with E-state index in [0.717, 1.165) is 0 Å². The van der Waals surface area contributed by atoms with E-state index < -0.39 is 41.6 Å². The summed E-state index contributed by atoms with van der Waals surface area (Å²) in [6, 6.07) is 16.8. The van der Waals surface area contributed by atoms with Crippen molar-refractivity contribution in [3.05, 3.63) is 98.2 Å². The molecule has 2 heterocycles. The molecule has 1 aliphatic heterocycles. The van der Waals surface area contributed by atoms with E-state index in [9.17, 15) is 19.2 Å². The molecule has 3 atom stereocenters. The lowest BCUT2D eigenvalue weighted by Crippen LogP contribution is -2.35. The van der Waals surface area contributed by atoms with Crippen molar-refractivity contribution in [3.63, 3.8) is 0 Å². The van der Waals surface area contributed by atoms with Crippen molar-refractivity contribution in [1.29, 1.82) is 0 Å². The van der Waals surface area contributed by atoms with Crippen LogP contribution < -0.4 is 11.2 Å². The van der Waals surface area contributed by atoms with Gasteiger partial charge in [0.25, 0.3) is 5.56 Å². The van der Waals surface area contributed by atoms with Gasteiger partial charge in [0, 0.05) is 12.0 Å². The molecule has 3 aromatic rings. The van der Waals surface area contributed by atoms with E-state index in [1.807, 2.05) is 0 Å². The van der Waals surface area contributed by atoms with Crippen LogP contribution in [-0.2, 0) is 14.2 Å². The lowest BCUT2D eigenvalue weighted by Gasteiger charge is -2.19. The zero-order valence-electron chi connectivity index (χ0n) is 18.2.